The highest BCUT2D eigenvalue weighted by atomic mass is 16.5. The molecule has 0 aliphatic carbocycles. The van der Waals surface area contributed by atoms with Crippen molar-refractivity contribution in [3.63, 3.8) is 0 Å². The smallest absolute Gasteiger partial charge is 0.231 e. The number of aromatic nitrogens is 4. The van der Waals surface area contributed by atoms with Crippen LogP contribution in [0.3, 0.4) is 0 Å². The fourth-order valence-electron chi connectivity index (χ4n) is 4.22. The molecule has 0 saturated carbocycles. The van der Waals surface area contributed by atoms with Crippen molar-refractivity contribution >= 4 is 22.4 Å². The van der Waals surface area contributed by atoms with E-state index < -0.39 is 0 Å². The molecule has 1 unspecified atom stereocenters. The summed E-state index contributed by atoms with van der Waals surface area (Å²) in [6.07, 6.45) is 3.54. The maximum atomic E-state index is 6.24. The summed E-state index contributed by atoms with van der Waals surface area (Å²) in [4.78, 5) is 11.4. The number of anilines is 1. The first-order valence-corrected chi connectivity index (χ1v) is 12.5. The molecule has 1 saturated heterocycles. The van der Waals surface area contributed by atoms with E-state index in [-0.39, 0.29) is 11.6 Å². The minimum Gasteiger partial charge on any atom is -0.475 e. The third-order valence-electron chi connectivity index (χ3n) is 6.02. The second-order valence-corrected chi connectivity index (χ2v) is 9.82. The van der Waals surface area contributed by atoms with Gasteiger partial charge in [-0.25, -0.2) is 14.5 Å². The molecule has 1 aliphatic rings. The van der Waals surface area contributed by atoms with Crippen molar-refractivity contribution in [2.45, 2.75) is 39.3 Å². The lowest BCUT2D eigenvalue weighted by molar-refractivity contribution is 0.00139. The van der Waals surface area contributed by atoms with Crippen LogP contribution in [-0.4, -0.2) is 77.3 Å². The molecular formula is C26H34N6O4. The molecule has 4 aromatic rings. The van der Waals surface area contributed by atoms with Gasteiger partial charge >= 0.3 is 0 Å². The largest absolute Gasteiger partial charge is 0.475 e. The first-order valence-electron chi connectivity index (χ1n) is 12.5. The third kappa shape index (κ3) is 5.45. The average Bonchev–Trinajstić information content (AvgIpc) is 3.49. The van der Waals surface area contributed by atoms with E-state index in [1.807, 2.05) is 24.3 Å². The number of fused-ring (bicyclic) bond motifs is 2. The van der Waals surface area contributed by atoms with Gasteiger partial charge in [-0.3, -0.25) is 0 Å². The van der Waals surface area contributed by atoms with Crippen LogP contribution in [0, 0.1) is 0 Å². The number of imidazole rings is 1. The summed E-state index contributed by atoms with van der Waals surface area (Å²) < 4.78 is 25.4. The lowest BCUT2D eigenvalue weighted by atomic mass is 10.2. The average molecular weight is 495 g/mol. The number of ether oxygens (including phenoxy) is 3. The molecule has 5 rings (SSSR count). The van der Waals surface area contributed by atoms with E-state index in [0.29, 0.717) is 37.1 Å². The van der Waals surface area contributed by atoms with E-state index in [9.17, 15) is 0 Å². The second-order valence-electron chi connectivity index (χ2n) is 9.82. The van der Waals surface area contributed by atoms with Crippen LogP contribution in [0.2, 0.25) is 0 Å². The topological polar surface area (TPSA) is 99.2 Å². The molecule has 10 heteroatoms. The monoisotopic (exact) mass is 494 g/mol. The quantitative estimate of drug-likeness (QED) is 0.374. The summed E-state index contributed by atoms with van der Waals surface area (Å²) in [5, 5.41) is 8.99. The summed E-state index contributed by atoms with van der Waals surface area (Å²) in [6.45, 7) is 13.1. The second kappa shape index (κ2) is 10.4. The van der Waals surface area contributed by atoms with Crippen molar-refractivity contribution in [1.82, 2.24) is 24.9 Å². The fraction of sp³-hybridized carbons (Fsp3) is 0.500. The molecule has 36 heavy (non-hydrogen) atoms. The van der Waals surface area contributed by atoms with Gasteiger partial charge in [-0.05, 0) is 45.9 Å². The Hall–Kier alpha value is -3.21. The lowest BCUT2D eigenvalue weighted by Gasteiger charge is -2.25. The Bertz CT molecular complexity index is 1300. The summed E-state index contributed by atoms with van der Waals surface area (Å²) in [7, 11) is 0. The highest BCUT2D eigenvalue weighted by Gasteiger charge is 2.19. The Labute approximate surface area is 210 Å². The zero-order valence-corrected chi connectivity index (χ0v) is 21.4. The summed E-state index contributed by atoms with van der Waals surface area (Å²) in [5.41, 5.74) is 2.04. The third-order valence-corrected chi connectivity index (χ3v) is 6.02. The molecule has 1 fully saturated rings. The van der Waals surface area contributed by atoms with E-state index in [1.165, 1.54) is 0 Å². The Morgan fingerprint density at radius 2 is 2.11 bits per heavy atom. The van der Waals surface area contributed by atoms with Gasteiger partial charge in [0.25, 0.3) is 0 Å². The van der Waals surface area contributed by atoms with E-state index in [0.717, 1.165) is 48.7 Å². The van der Waals surface area contributed by atoms with Gasteiger partial charge in [-0.15, -0.1) is 5.10 Å². The van der Waals surface area contributed by atoms with Gasteiger partial charge in [-0.2, -0.15) is 0 Å². The van der Waals surface area contributed by atoms with Gasteiger partial charge < -0.3 is 28.8 Å². The van der Waals surface area contributed by atoms with Crippen LogP contribution in [0.5, 0.6) is 5.88 Å². The predicted molar refractivity (Wildman–Crippen MR) is 138 cm³/mol. The summed E-state index contributed by atoms with van der Waals surface area (Å²) in [5.74, 6) is 2.06. The molecule has 0 aromatic carbocycles. The molecule has 1 aliphatic heterocycles. The van der Waals surface area contributed by atoms with Gasteiger partial charge in [0.05, 0.1) is 43.0 Å². The number of likely N-dealkylation sites (N-methyl/N-ethyl adjacent to an activating group) is 1. The molecule has 0 amide bonds. The highest BCUT2D eigenvalue weighted by Crippen LogP contribution is 2.33. The fourth-order valence-corrected chi connectivity index (χ4v) is 4.22. The molecule has 1 atom stereocenters. The van der Waals surface area contributed by atoms with Gasteiger partial charge in [-0.1, -0.05) is 0 Å². The SMILES string of the molecule is CCN(CCOC(C)(C)C)c1nccc2oc(-c3cnc4ccc(OCC5COCCN5)nn34)cc12. The van der Waals surface area contributed by atoms with Crippen molar-refractivity contribution in [2.24, 2.45) is 0 Å². The molecule has 4 aromatic heterocycles. The Balaban J connectivity index is 1.40. The van der Waals surface area contributed by atoms with Crippen molar-refractivity contribution < 1.29 is 18.6 Å². The van der Waals surface area contributed by atoms with Crippen LogP contribution in [0.4, 0.5) is 5.82 Å². The maximum absolute atomic E-state index is 6.24. The summed E-state index contributed by atoms with van der Waals surface area (Å²) in [6, 6.07) is 7.75. The van der Waals surface area contributed by atoms with Crippen molar-refractivity contribution in [1.29, 1.82) is 0 Å². The van der Waals surface area contributed by atoms with Crippen molar-refractivity contribution in [3.05, 3.63) is 36.7 Å². The lowest BCUT2D eigenvalue weighted by Crippen LogP contribution is -2.44. The first-order chi connectivity index (χ1) is 17.4. The molecule has 0 spiro atoms. The van der Waals surface area contributed by atoms with Gasteiger partial charge in [0.1, 0.15) is 23.7 Å². The Morgan fingerprint density at radius 3 is 2.89 bits per heavy atom. The number of hydrogen-bond donors (Lipinski definition) is 1. The molecule has 10 nitrogen and oxygen atoms in total. The van der Waals surface area contributed by atoms with Gasteiger partial charge in [0.2, 0.25) is 5.88 Å². The molecule has 0 bridgehead atoms. The van der Waals surface area contributed by atoms with E-state index in [4.69, 9.17) is 18.6 Å². The molecule has 192 valence electrons. The summed E-state index contributed by atoms with van der Waals surface area (Å²) >= 11 is 0. The number of morpholine rings is 1. The van der Waals surface area contributed by atoms with Crippen molar-refractivity contribution in [2.75, 3.05) is 51.0 Å². The van der Waals surface area contributed by atoms with E-state index in [2.05, 4.69) is 53.0 Å². The van der Waals surface area contributed by atoms with Crippen molar-refractivity contribution in [3.8, 4) is 17.3 Å². The van der Waals surface area contributed by atoms with Crippen LogP contribution in [0.1, 0.15) is 27.7 Å². The van der Waals surface area contributed by atoms with Crippen LogP contribution < -0.4 is 15.0 Å². The highest BCUT2D eigenvalue weighted by molar-refractivity contribution is 5.91. The predicted octanol–water partition coefficient (Wildman–Crippen LogP) is 3.55. The van der Waals surface area contributed by atoms with Crippen LogP contribution in [-0.2, 0) is 9.47 Å². The Kier molecular flexibility index (Phi) is 7.08. The number of nitrogens with one attached hydrogen (secondary N) is 1. The number of nitrogens with zero attached hydrogens (tertiary/aromatic N) is 5. The van der Waals surface area contributed by atoms with E-state index in [1.54, 1.807) is 16.9 Å². The number of rotatable bonds is 9. The van der Waals surface area contributed by atoms with Gasteiger partial charge in [0.15, 0.2) is 11.4 Å². The zero-order chi connectivity index (χ0) is 25.1. The zero-order valence-electron chi connectivity index (χ0n) is 21.4. The van der Waals surface area contributed by atoms with Crippen LogP contribution >= 0.6 is 0 Å². The minimum absolute atomic E-state index is 0.148. The maximum Gasteiger partial charge on any atom is 0.231 e. The van der Waals surface area contributed by atoms with Crippen LogP contribution in [0.25, 0.3) is 28.1 Å². The van der Waals surface area contributed by atoms with E-state index >= 15 is 0 Å². The number of pyridine rings is 1. The Morgan fingerprint density at radius 1 is 1.22 bits per heavy atom. The van der Waals surface area contributed by atoms with Gasteiger partial charge in [0, 0.05) is 31.9 Å². The normalized spacial score (nSPS) is 16.6. The molecular weight excluding hydrogens is 460 g/mol. The minimum atomic E-state index is -0.180. The first kappa shape index (κ1) is 24.5. The number of hydrogen-bond acceptors (Lipinski definition) is 9. The standard InChI is InChI=1S/C26H34N6O4/c1-5-31(11-13-35-26(2,3)4)25-19-14-22(36-21(19)8-9-28-25)20-15-29-23-6-7-24(30-32(20)23)34-17-18-16-33-12-10-27-18/h6-9,14-15,18,27H,5,10-13,16-17H2,1-4H3. The molecule has 0 radical (unpaired) electrons. The molecule has 1 N–H and O–H groups in total. The van der Waals surface area contributed by atoms with Crippen LogP contribution in [0.15, 0.2) is 41.1 Å². The molecule has 5 heterocycles. The number of furan rings is 1.